The molecule has 1 aliphatic carbocycles. The van der Waals surface area contributed by atoms with E-state index in [0.717, 1.165) is 51.1 Å². The molecule has 0 aromatic heterocycles. The number of allylic oxidation sites excluding steroid dienone is 1. The highest BCUT2D eigenvalue weighted by atomic mass is 19.1. The Morgan fingerprint density at radius 3 is 2.36 bits per heavy atom. The standard InChI is InChI=1S/C30H37F2N3O7/c1-18(42-30(40)26-9-6-12-35(26)19(2)36)24(29(39)41-3)17-33-28(38)25(15-21-13-22(31)16-23(32)14-21)34-27(37)11-10-20-7-4-5-8-20/h10-11,13-14,16-18,20,24-26H,4-9,12,15H2,1-3H3,(H,34,37)/b11-10+,33-17?/t18-,24?,25?,26?/m0/s1. The largest absolute Gasteiger partial charge is 0.468 e. The van der Waals surface area contributed by atoms with E-state index in [1.54, 1.807) is 6.08 Å². The zero-order valence-corrected chi connectivity index (χ0v) is 24.0. The van der Waals surface area contributed by atoms with Crippen molar-refractivity contribution in [2.24, 2.45) is 16.8 Å². The normalized spacial score (nSPS) is 19.5. The number of amides is 3. The number of methoxy groups -OCH3 is 1. The number of likely N-dealkylation sites (tertiary alicyclic amines) is 1. The van der Waals surface area contributed by atoms with Gasteiger partial charge in [0.2, 0.25) is 11.8 Å². The molecule has 1 saturated heterocycles. The molecule has 2 fully saturated rings. The molecule has 1 N–H and O–H groups in total. The van der Waals surface area contributed by atoms with Crippen LogP contribution in [0.2, 0.25) is 0 Å². The highest BCUT2D eigenvalue weighted by Crippen LogP contribution is 2.25. The minimum atomic E-state index is -1.32. The van der Waals surface area contributed by atoms with Crippen LogP contribution in [0, 0.1) is 23.5 Å². The Kier molecular flexibility index (Phi) is 11.9. The highest BCUT2D eigenvalue weighted by molar-refractivity contribution is 5.99. The van der Waals surface area contributed by atoms with Crippen LogP contribution < -0.4 is 5.32 Å². The number of nitrogens with zero attached hydrogens (tertiary/aromatic N) is 2. The van der Waals surface area contributed by atoms with E-state index in [4.69, 9.17) is 9.47 Å². The summed E-state index contributed by atoms with van der Waals surface area (Å²) in [5, 5.41) is 2.54. The second kappa shape index (κ2) is 15.3. The van der Waals surface area contributed by atoms with Crippen molar-refractivity contribution in [3.05, 3.63) is 47.5 Å². The molecule has 0 spiro atoms. The van der Waals surface area contributed by atoms with Crippen LogP contribution in [0.15, 0.2) is 35.3 Å². The van der Waals surface area contributed by atoms with Gasteiger partial charge in [-0.15, -0.1) is 0 Å². The van der Waals surface area contributed by atoms with Crippen LogP contribution in [-0.4, -0.2) is 72.6 Å². The minimum absolute atomic E-state index is 0.111. The number of aliphatic imine (C=N–C) groups is 1. The van der Waals surface area contributed by atoms with Crippen molar-refractivity contribution in [3.63, 3.8) is 0 Å². The number of nitrogens with one attached hydrogen (secondary N) is 1. The predicted molar refractivity (Wildman–Crippen MR) is 148 cm³/mol. The third-order valence-corrected chi connectivity index (χ3v) is 7.47. The molecule has 3 amide bonds. The van der Waals surface area contributed by atoms with Gasteiger partial charge < -0.3 is 19.7 Å². The zero-order valence-electron chi connectivity index (χ0n) is 24.0. The van der Waals surface area contributed by atoms with E-state index in [2.05, 4.69) is 10.3 Å². The molecule has 1 aromatic carbocycles. The predicted octanol–water partition coefficient (Wildman–Crippen LogP) is 3.07. The molecule has 42 heavy (non-hydrogen) atoms. The number of esters is 2. The van der Waals surface area contributed by atoms with Gasteiger partial charge in [0.1, 0.15) is 35.7 Å². The summed E-state index contributed by atoms with van der Waals surface area (Å²) in [4.78, 5) is 68.2. The number of halogens is 2. The smallest absolute Gasteiger partial charge is 0.329 e. The van der Waals surface area contributed by atoms with E-state index in [0.29, 0.717) is 25.5 Å². The van der Waals surface area contributed by atoms with Crippen molar-refractivity contribution in [2.75, 3.05) is 13.7 Å². The first-order valence-corrected chi connectivity index (χ1v) is 14.1. The van der Waals surface area contributed by atoms with E-state index in [-0.39, 0.29) is 23.8 Å². The van der Waals surface area contributed by atoms with Crippen LogP contribution >= 0.6 is 0 Å². The fourth-order valence-electron chi connectivity index (χ4n) is 5.23. The van der Waals surface area contributed by atoms with E-state index in [9.17, 15) is 32.8 Å². The second-order valence-electron chi connectivity index (χ2n) is 10.6. The molecule has 3 unspecified atom stereocenters. The van der Waals surface area contributed by atoms with E-state index >= 15 is 0 Å². The fraction of sp³-hybridized carbons (Fsp3) is 0.533. The third-order valence-electron chi connectivity index (χ3n) is 7.47. The Bertz CT molecular complexity index is 1210. The van der Waals surface area contributed by atoms with Crippen molar-refractivity contribution < 1.29 is 42.2 Å². The van der Waals surface area contributed by atoms with Gasteiger partial charge >= 0.3 is 11.9 Å². The summed E-state index contributed by atoms with van der Waals surface area (Å²) in [6, 6.07) is 0.665. The number of hydrogen-bond donors (Lipinski definition) is 1. The lowest BCUT2D eigenvalue weighted by molar-refractivity contribution is -0.161. The van der Waals surface area contributed by atoms with E-state index < -0.39 is 59.5 Å². The fourth-order valence-corrected chi connectivity index (χ4v) is 5.23. The summed E-state index contributed by atoms with van der Waals surface area (Å²) in [7, 11) is 1.12. The molecule has 10 nitrogen and oxygen atoms in total. The average molecular weight is 590 g/mol. The van der Waals surface area contributed by atoms with Gasteiger partial charge in [0.05, 0.1) is 7.11 Å². The summed E-state index contributed by atoms with van der Waals surface area (Å²) < 4.78 is 37.9. The van der Waals surface area contributed by atoms with Crippen molar-refractivity contribution in [2.45, 2.75) is 77.0 Å². The summed E-state index contributed by atoms with van der Waals surface area (Å²) in [5.74, 6) is -6.01. The Morgan fingerprint density at radius 1 is 1.07 bits per heavy atom. The molecule has 3 rings (SSSR count). The van der Waals surface area contributed by atoms with Crippen LogP contribution in [0.4, 0.5) is 8.78 Å². The van der Waals surface area contributed by atoms with Crippen LogP contribution in [0.5, 0.6) is 0 Å². The van der Waals surface area contributed by atoms with Gasteiger partial charge in [-0.25, -0.2) is 18.6 Å². The van der Waals surface area contributed by atoms with Crippen molar-refractivity contribution >= 4 is 35.9 Å². The number of hydrogen-bond acceptors (Lipinski definition) is 7. The maximum Gasteiger partial charge on any atom is 0.329 e. The highest BCUT2D eigenvalue weighted by Gasteiger charge is 2.36. The topological polar surface area (TPSA) is 131 Å². The Hall–Kier alpha value is -3.96. The average Bonchev–Trinajstić information content (AvgIpc) is 3.63. The quantitative estimate of drug-likeness (QED) is 0.238. The lowest BCUT2D eigenvalue weighted by atomic mass is 10.0. The molecule has 1 saturated carbocycles. The lowest BCUT2D eigenvalue weighted by Gasteiger charge is -2.25. The van der Waals surface area contributed by atoms with Crippen molar-refractivity contribution in [1.82, 2.24) is 10.2 Å². The first kappa shape index (κ1) is 32.6. The molecule has 0 bridgehead atoms. The van der Waals surface area contributed by atoms with Crippen molar-refractivity contribution in [1.29, 1.82) is 0 Å². The molecule has 1 aliphatic heterocycles. The molecule has 12 heteroatoms. The second-order valence-corrected chi connectivity index (χ2v) is 10.6. The van der Waals surface area contributed by atoms with E-state index in [1.165, 1.54) is 24.8 Å². The van der Waals surface area contributed by atoms with Crippen LogP contribution in [0.1, 0.15) is 57.9 Å². The number of rotatable bonds is 11. The number of ether oxygens (including phenoxy) is 2. The van der Waals surface area contributed by atoms with Gasteiger partial charge in [-0.2, -0.15) is 0 Å². The summed E-state index contributed by atoms with van der Waals surface area (Å²) >= 11 is 0. The number of benzene rings is 1. The van der Waals surface area contributed by atoms with Crippen LogP contribution in [0.25, 0.3) is 0 Å². The Labute approximate surface area is 243 Å². The van der Waals surface area contributed by atoms with Crippen LogP contribution in [0.3, 0.4) is 0 Å². The van der Waals surface area contributed by atoms with Gasteiger partial charge in [-0.05, 0) is 62.3 Å². The minimum Gasteiger partial charge on any atom is -0.468 e. The SMILES string of the molecule is COC(=O)C(C=NC(=O)C(Cc1cc(F)cc(F)c1)NC(=O)/C=C/C1CCCC1)[C@H](C)OC(=O)C1CCCN1C(C)=O. The monoisotopic (exact) mass is 589 g/mol. The molecule has 0 radical (unpaired) electrons. The molecular formula is C30H37F2N3O7. The molecule has 4 atom stereocenters. The maximum absolute atomic E-state index is 13.8. The molecule has 1 aromatic rings. The first-order chi connectivity index (χ1) is 20.0. The Balaban J connectivity index is 1.76. The molecule has 1 heterocycles. The molecule has 2 aliphatic rings. The zero-order chi connectivity index (χ0) is 30.8. The number of carbonyl (C=O) groups is 5. The molecule has 228 valence electrons. The van der Waals surface area contributed by atoms with E-state index in [1.807, 2.05) is 0 Å². The van der Waals surface area contributed by atoms with Gasteiger partial charge in [0.15, 0.2) is 0 Å². The number of carbonyl (C=O) groups excluding carboxylic acids is 5. The third kappa shape index (κ3) is 9.28. The Morgan fingerprint density at radius 2 is 1.74 bits per heavy atom. The van der Waals surface area contributed by atoms with Gasteiger partial charge in [0.25, 0.3) is 5.91 Å². The van der Waals surface area contributed by atoms with Crippen molar-refractivity contribution in [3.8, 4) is 0 Å². The lowest BCUT2D eigenvalue weighted by Crippen LogP contribution is -2.43. The summed E-state index contributed by atoms with van der Waals surface area (Å²) in [5.41, 5.74) is 0.111. The van der Waals surface area contributed by atoms with Crippen LogP contribution in [-0.2, 0) is 39.9 Å². The molecular weight excluding hydrogens is 552 g/mol. The van der Waals surface area contributed by atoms with Gasteiger partial charge in [0, 0.05) is 32.2 Å². The summed E-state index contributed by atoms with van der Waals surface area (Å²) in [6.45, 7) is 3.19. The summed E-state index contributed by atoms with van der Waals surface area (Å²) in [6.07, 6.45) is 7.79. The van der Waals surface area contributed by atoms with Gasteiger partial charge in [-0.3, -0.25) is 19.2 Å². The van der Waals surface area contributed by atoms with Gasteiger partial charge in [-0.1, -0.05) is 18.9 Å². The first-order valence-electron chi connectivity index (χ1n) is 14.1. The maximum atomic E-state index is 13.8.